The Labute approximate surface area is 187 Å². The van der Waals surface area contributed by atoms with Gasteiger partial charge >= 0.3 is 5.97 Å². The van der Waals surface area contributed by atoms with Crippen LogP contribution in [0.3, 0.4) is 0 Å². The second-order valence-corrected chi connectivity index (χ2v) is 10.8. The van der Waals surface area contributed by atoms with Crippen molar-refractivity contribution in [2.75, 3.05) is 25.0 Å². The van der Waals surface area contributed by atoms with E-state index in [4.69, 9.17) is 4.74 Å². The van der Waals surface area contributed by atoms with Crippen molar-refractivity contribution in [1.29, 1.82) is 0 Å². The monoisotopic (exact) mass is 464 g/mol. The number of hydrogen-bond donors (Lipinski definition) is 1. The number of aryl methyl sites for hydroxylation is 2. The highest BCUT2D eigenvalue weighted by Crippen LogP contribution is 2.34. The maximum Gasteiger partial charge on any atom is 0.341 e. The second-order valence-electron chi connectivity index (χ2n) is 7.60. The summed E-state index contributed by atoms with van der Waals surface area (Å²) in [6.07, 6.45) is 2.70. The molecular weight excluding hydrogens is 436 g/mol. The van der Waals surface area contributed by atoms with Crippen LogP contribution in [-0.2, 0) is 14.8 Å². The summed E-state index contributed by atoms with van der Waals surface area (Å²) in [5.41, 5.74) is 2.01. The van der Waals surface area contributed by atoms with Crippen LogP contribution in [0.4, 0.5) is 5.00 Å². The molecule has 0 saturated carbocycles. The molecule has 31 heavy (non-hydrogen) atoms. The quantitative estimate of drug-likeness (QED) is 0.644. The van der Waals surface area contributed by atoms with Gasteiger partial charge in [0.05, 0.1) is 17.1 Å². The van der Waals surface area contributed by atoms with E-state index in [1.807, 2.05) is 13.8 Å². The third-order valence-corrected chi connectivity index (χ3v) is 8.52. The van der Waals surface area contributed by atoms with Crippen molar-refractivity contribution >= 4 is 38.2 Å². The third-order valence-electron chi connectivity index (χ3n) is 5.50. The maximum atomic E-state index is 13.1. The van der Waals surface area contributed by atoms with E-state index >= 15 is 0 Å². The summed E-state index contributed by atoms with van der Waals surface area (Å²) < 4.78 is 32.7. The first kappa shape index (κ1) is 23.4. The normalized spacial score (nSPS) is 15.0. The molecule has 1 amide bonds. The second kappa shape index (κ2) is 9.50. The van der Waals surface area contributed by atoms with Crippen LogP contribution in [0.25, 0.3) is 0 Å². The summed E-state index contributed by atoms with van der Waals surface area (Å²) in [5.74, 6) is -0.946. The molecule has 9 heteroatoms. The van der Waals surface area contributed by atoms with Crippen LogP contribution in [0.5, 0.6) is 0 Å². The molecule has 168 valence electrons. The summed E-state index contributed by atoms with van der Waals surface area (Å²) in [7, 11) is -3.66. The third kappa shape index (κ3) is 4.83. The van der Waals surface area contributed by atoms with Crippen molar-refractivity contribution in [2.45, 2.75) is 51.9 Å². The smallest absolute Gasteiger partial charge is 0.341 e. The molecule has 7 nitrogen and oxygen atoms in total. The number of esters is 1. The number of piperidine rings is 1. The minimum absolute atomic E-state index is 0.106. The molecule has 1 saturated heterocycles. The molecule has 0 radical (unpaired) electrons. The Morgan fingerprint density at radius 1 is 1.13 bits per heavy atom. The standard InChI is InChI=1S/C22H28N2O5S2/c1-5-29-22(26)19-15(3)16(4)30-21(19)23-20(25)18-13-17(10-9-14(18)2)31(27,28)24-11-7-6-8-12-24/h9-10,13H,5-8,11-12H2,1-4H3,(H,23,25). The number of ether oxygens (including phenoxy) is 1. The number of amides is 1. The van der Waals surface area contributed by atoms with Crippen LogP contribution >= 0.6 is 11.3 Å². The van der Waals surface area contributed by atoms with Gasteiger partial charge in [0.15, 0.2) is 0 Å². The van der Waals surface area contributed by atoms with E-state index in [2.05, 4.69) is 5.32 Å². The first-order valence-electron chi connectivity index (χ1n) is 10.4. The van der Waals surface area contributed by atoms with Gasteiger partial charge in [-0.3, -0.25) is 4.79 Å². The van der Waals surface area contributed by atoms with E-state index in [0.29, 0.717) is 29.2 Å². The molecule has 1 aromatic carbocycles. The number of carbonyl (C=O) groups is 2. The van der Waals surface area contributed by atoms with Gasteiger partial charge < -0.3 is 10.1 Å². The van der Waals surface area contributed by atoms with Gasteiger partial charge in [0.25, 0.3) is 5.91 Å². The van der Waals surface area contributed by atoms with E-state index in [1.165, 1.54) is 21.7 Å². The van der Waals surface area contributed by atoms with Crippen molar-refractivity contribution in [3.63, 3.8) is 0 Å². The summed E-state index contributed by atoms with van der Waals surface area (Å²) in [5, 5.41) is 3.20. The van der Waals surface area contributed by atoms with Crippen LogP contribution in [0, 0.1) is 20.8 Å². The van der Waals surface area contributed by atoms with E-state index in [9.17, 15) is 18.0 Å². The van der Waals surface area contributed by atoms with Crippen LogP contribution in [0.1, 0.15) is 62.9 Å². The number of anilines is 1. The summed E-state index contributed by atoms with van der Waals surface area (Å²) in [6.45, 7) is 8.38. The average molecular weight is 465 g/mol. The van der Waals surface area contributed by atoms with Gasteiger partial charge in [-0.2, -0.15) is 4.31 Å². The Hall–Kier alpha value is -2.23. The van der Waals surface area contributed by atoms with Gasteiger partial charge in [0.1, 0.15) is 5.00 Å². The Balaban J connectivity index is 1.92. The first-order valence-corrected chi connectivity index (χ1v) is 12.6. The lowest BCUT2D eigenvalue weighted by atomic mass is 10.1. The van der Waals surface area contributed by atoms with Crippen LogP contribution in [0.2, 0.25) is 0 Å². The van der Waals surface area contributed by atoms with E-state index in [-0.39, 0.29) is 17.1 Å². The van der Waals surface area contributed by atoms with Crippen LogP contribution in [0.15, 0.2) is 23.1 Å². The summed E-state index contributed by atoms with van der Waals surface area (Å²) in [4.78, 5) is 26.5. The first-order chi connectivity index (χ1) is 14.7. The van der Waals surface area contributed by atoms with Crippen molar-refractivity contribution in [3.8, 4) is 0 Å². The average Bonchev–Trinajstić information content (AvgIpc) is 3.02. The summed E-state index contributed by atoms with van der Waals surface area (Å²) >= 11 is 1.30. The maximum absolute atomic E-state index is 13.1. The Kier molecular flexibility index (Phi) is 7.18. The number of sulfonamides is 1. The number of carbonyl (C=O) groups excluding carboxylic acids is 2. The van der Waals surface area contributed by atoms with Crippen molar-refractivity contribution in [3.05, 3.63) is 45.3 Å². The van der Waals surface area contributed by atoms with E-state index < -0.39 is 21.9 Å². The van der Waals surface area contributed by atoms with Crippen LogP contribution in [-0.4, -0.2) is 44.3 Å². The molecule has 2 heterocycles. The van der Waals surface area contributed by atoms with Crippen molar-refractivity contribution < 1.29 is 22.7 Å². The number of benzene rings is 1. The minimum atomic E-state index is -3.66. The predicted molar refractivity (Wildman–Crippen MR) is 121 cm³/mol. The molecule has 3 rings (SSSR count). The Morgan fingerprint density at radius 2 is 1.81 bits per heavy atom. The lowest BCUT2D eigenvalue weighted by molar-refractivity contribution is 0.0527. The molecule has 0 unspecified atom stereocenters. The molecule has 0 atom stereocenters. The largest absolute Gasteiger partial charge is 0.462 e. The molecule has 0 spiro atoms. The minimum Gasteiger partial charge on any atom is -0.462 e. The molecule has 0 aliphatic carbocycles. The lowest BCUT2D eigenvalue weighted by Crippen LogP contribution is -2.35. The highest BCUT2D eigenvalue weighted by atomic mass is 32.2. The number of nitrogens with zero attached hydrogens (tertiary/aromatic N) is 1. The fourth-order valence-electron chi connectivity index (χ4n) is 3.60. The molecule has 1 fully saturated rings. The number of hydrogen-bond acceptors (Lipinski definition) is 6. The number of nitrogens with one attached hydrogen (secondary N) is 1. The fourth-order valence-corrected chi connectivity index (χ4v) is 6.18. The van der Waals surface area contributed by atoms with Gasteiger partial charge in [0.2, 0.25) is 10.0 Å². The molecular formula is C22H28N2O5S2. The lowest BCUT2D eigenvalue weighted by Gasteiger charge is -2.26. The van der Waals surface area contributed by atoms with Crippen molar-refractivity contribution in [2.24, 2.45) is 0 Å². The highest BCUT2D eigenvalue weighted by molar-refractivity contribution is 7.89. The summed E-state index contributed by atoms with van der Waals surface area (Å²) in [6, 6.07) is 4.61. The van der Waals surface area contributed by atoms with Crippen molar-refractivity contribution in [1.82, 2.24) is 4.31 Å². The molecule has 1 aromatic heterocycles. The molecule has 2 aromatic rings. The highest BCUT2D eigenvalue weighted by Gasteiger charge is 2.28. The predicted octanol–water partition coefficient (Wildman–Crippen LogP) is 4.28. The molecule has 1 aliphatic heterocycles. The van der Waals surface area contributed by atoms with Gasteiger partial charge in [-0.25, -0.2) is 13.2 Å². The zero-order valence-electron chi connectivity index (χ0n) is 18.3. The number of thiophene rings is 1. The van der Waals surface area contributed by atoms with Gasteiger partial charge in [0, 0.05) is 23.5 Å². The SMILES string of the molecule is CCOC(=O)c1c(NC(=O)c2cc(S(=O)(=O)N3CCCCC3)ccc2C)sc(C)c1C. The Morgan fingerprint density at radius 3 is 2.45 bits per heavy atom. The van der Waals surface area contributed by atoms with E-state index in [1.54, 1.807) is 26.0 Å². The zero-order chi connectivity index (χ0) is 22.8. The van der Waals surface area contributed by atoms with Gasteiger partial charge in [-0.1, -0.05) is 12.5 Å². The zero-order valence-corrected chi connectivity index (χ0v) is 19.9. The van der Waals surface area contributed by atoms with Crippen LogP contribution < -0.4 is 5.32 Å². The van der Waals surface area contributed by atoms with Gasteiger partial charge in [-0.05, 0) is 63.8 Å². The topological polar surface area (TPSA) is 92.8 Å². The van der Waals surface area contributed by atoms with Gasteiger partial charge in [-0.15, -0.1) is 11.3 Å². The molecule has 1 N–H and O–H groups in total. The van der Waals surface area contributed by atoms with E-state index in [0.717, 1.165) is 29.7 Å². The Bertz CT molecular complexity index is 1100. The number of rotatable bonds is 6. The fraction of sp³-hybridized carbons (Fsp3) is 0.455. The molecule has 1 aliphatic rings. The molecule has 0 bridgehead atoms.